The maximum atomic E-state index is 11.4. The van der Waals surface area contributed by atoms with E-state index in [9.17, 15) is 4.79 Å². The molecule has 2 rings (SSSR count). The van der Waals surface area contributed by atoms with Crippen LogP contribution < -0.4 is 0 Å². The molecule has 0 unspecified atom stereocenters. The van der Waals surface area contributed by atoms with E-state index in [1.807, 2.05) is 31.2 Å². The van der Waals surface area contributed by atoms with Gasteiger partial charge in [0.2, 0.25) is 0 Å². The Labute approximate surface area is 70.9 Å². The molecule has 12 heavy (non-hydrogen) atoms. The van der Waals surface area contributed by atoms with Gasteiger partial charge in [0.1, 0.15) is 0 Å². The van der Waals surface area contributed by atoms with Crippen molar-refractivity contribution in [3.05, 3.63) is 29.8 Å². The normalized spacial score (nSPS) is 15.4. The van der Waals surface area contributed by atoms with Gasteiger partial charge in [0, 0.05) is 17.7 Å². The quantitative estimate of drug-likeness (QED) is 0.571. The number of rotatable bonds is 0. The Morgan fingerprint density at radius 3 is 2.92 bits per heavy atom. The van der Waals surface area contributed by atoms with E-state index in [4.69, 9.17) is 0 Å². The van der Waals surface area contributed by atoms with Crippen molar-refractivity contribution in [3.63, 3.8) is 0 Å². The zero-order valence-corrected chi connectivity index (χ0v) is 6.87. The molecule has 0 atom stereocenters. The van der Waals surface area contributed by atoms with Crippen molar-refractivity contribution in [2.24, 2.45) is 4.99 Å². The lowest BCUT2D eigenvalue weighted by Gasteiger charge is -2.10. The second kappa shape index (κ2) is 2.55. The fraction of sp³-hybridized carbons (Fsp3) is 0.200. The predicted molar refractivity (Wildman–Crippen MR) is 48.2 cm³/mol. The van der Waals surface area contributed by atoms with Gasteiger partial charge in [0.15, 0.2) is 5.78 Å². The predicted octanol–water partition coefficient (Wildman–Crippen LogP) is 2.37. The Morgan fingerprint density at radius 1 is 1.33 bits per heavy atom. The summed E-state index contributed by atoms with van der Waals surface area (Å²) < 4.78 is 0. The lowest BCUT2D eigenvalue weighted by Crippen LogP contribution is -2.09. The number of nitrogens with zero attached hydrogens (tertiary/aromatic N) is 1. The minimum absolute atomic E-state index is 0.179. The van der Waals surface area contributed by atoms with Gasteiger partial charge in [-0.3, -0.25) is 9.79 Å². The summed E-state index contributed by atoms with van der Waals surface area (Å²) in [5.74, 6) is 0.179. The number of para-hydroxylation sites is 1. The smallest absolute Gasteiger partial charge is 0.170 e. The van der Waals surface area contributed by atoms with Crippen LogP contribution in [-0.4, -0.2) is 11.5 Å². The highest BCUT2D eigenvalue weighted by molar-refractivity contribution is 6.15. The number of aliphatic imine (C=N–C) groups is 1. The Hall–Kier alpha value is -1.44. The van der Waals surface area contributed by atoms with E-state index in [2.05, 4.69) is 4.99 Å². The fourth-order valence-corrected chi connectivity index (χ4v) is 1.38. The Bertz CT molecular complexity index is 366. The minimum Gasteiger partial charge on any atom is -0.294 e. The first-order chi connectivity index (χ1) is 5.77. The van der Waals surface area contributed by atoms with Gasteiger partial charge in [-0.1, -0.05) is 12.1 Å². The molecule has 1 aliphatic heterocycles. The molecular formula is C10H9NO. The molecule has 1 aromatic rings. The fourth-order valence-electron chi connectivity index (χ4n) is 1.38. The van der Waals surface area contributed by atoms with Crippen LogP contribution in [0.2, 0.25) is 0 Å². The molecule has 0 saturated heterocycles. The Kier molecular flexibility index (Phi) is 1.54. The number of ketones is 1. The molecule has 1 heterocycles. The molecule has 1 aromatic carbocycles. The summed E-state index contributed by atoms with van der Waals surface area (Å²) in [6.45, 7) is 1.88. The lowest BCUT2D eigenvalue weighted by atomic mass is 10.0. The second-order valence-electron chi connectivity index (χ2n) is 2.96. The summed E-state index contributed by atoms with van der Waals surface area (Å²) in [4.78, 5) is 15.7. The van der Waals surface area contributed by atoms with Crippen LogP contribution in [0.15, 0.2) is 29.3 Å². The van der Waals surface area contributed by atoms with Gasteiger partial charge in [0.25, 0.3) is 0 Å². The van der Waals surface area contributed by atoms with Crippen LogP contribution in [0.3, 0.4) is 0 Å². The highest BCUT2D eigenvalue weighted by atomic mass is 16.1. The summed E-state index contributed by atoms with van der Waals surface area (Å²) >= 11 is 0. The maximum Gasteiger partial charge on any atom is 0.170 e. The van der Waals surface area contributed by atoms with Crippen molar-refractivity contribution < 1.29 is 4.79 Å². The van der Waals surface area contributed by atoms with Gasteiger partial charge in [0.05, 0.1) is 5.69 Å². The number of hydrogen-bond acceptors (Lipinski definition) is 2. The maximum absolute atomic E-state index is 11.4. The molecule has 0 amide bonds. The molecular weight excluding hydrogens is 150 g/mol. The molecule has 2 heteroatoms. The summed E-state index contributed by atoms with van der Waals surface area (Å²) in [5, 5.41) is 0. The van der Waals surface area contributed by atoms with E-state index >= 15 is 0 Å². The van der Waals surface area contributed by atoms with Gasteiger partial charge in [-0.15, -0.1) is 0 Å². The number of carbonyl (C=O) groups is 1. The van der Waals surface area contributed by atoms with Crippen molar-refractivity contribution in [1.82, 2.24) is 0 Å². The van der Waals surface area contributed by atoms with E-state index in [1.165, 1.54) is 0 Å². The number of Topliss-reactive ketones (excluding diaryl/α,β-unsaturated/α-hetero) is 1. The summed E-state index contributed by atoms with van der Waals surface area (Å²) in [6.07, 6.45) is 0.469. The average Bonchev–Trinajstić information content (AvgIpc) is 2.04. The van der Waals surface area contributed by atoms with E-state index in [0.29, 0.717) is 6.42 Å². The first kappa shape index (κ1) is 7.22. The highest BCUT2D eigenvalue weighted by Crippen LogP contribution is 2.24. The van der Waals surface area contributed by atoms with Crippen LogP contribution in [0.25, 0.3) is 0 Å². The van der Waals surface area contributed by atoms with Crippen molar-refractivity contribution in [2.45, 2.75) is 13.3 Å². The first-order valence-electron chi connectivity index (χ1n) is 3.94. The van der Waals surface area contributed by atoms with Crippen molar-refractivity contribution >= 4 is 17.2 Å². The van der Waals surface area contributed by atoms with Crippen molar-refractivity contribution in [1.29, 1.82) is 0 Å². The SMILES string of the molecule is CC1=Nc2ccccc2C(=O)C1. The second-order valence-corrected chi connectivity index (χ2v) is 2.96. The molecule has 0 radical (unpaired) electrons. The number of benzene rings is 1. The Balaban J connectivity index is 2.62. The van der Waals surface area contributed by atoms with Gasteiger partial charge in [-0.25, -0.2) is 0 Å². The number of fused-ring (bicyclic) bond motifs is 1. The minimum atomic E-state index is 0.179. The van der Waals surface area contributed by atoms with Crippen LogP contribution >= 0.6 is 0 Å². The molecule has 0 aliphatic carbocycles. The van der Waals surface area contributed by atoms with Crippen LogP contribution in [-0.2, 0) is 0 Å². The molecule has 2 nitrogen and oxygen atoms in total. The molecule has 0 spiro atoms. The molecule has 0 bridgehead atoms. The van der Waals surface area contributed by atoms with Gasteiger partial charge < -0.3 is 0 Å². The molecule has 60 valence electrons. The molecule has 0 saturated carbocycles. The van der Waals surface area contributed by atoms with E-state index < -0.39 is 0 Å². The summed E-state index contributed by atoms with van der Waals surface area (Å²) in [6, 6.07) is 7.46. The van der Waals surface area contributed by atoms with Crippen LogP contribution in [0.4, 0.5) is 5.69 Å². The van der Waals surface area contributed by atoms with Crippen LogP contribution in [0.5, 0.6) is 0 Å². The van der Waals surface area contributed by atoms with Gasteiger partial charge in [-0.2, -0.15) is 0 Å². The van der Waals surface area contributed by atoms with Crippen LogP contribution in [0, 0.1) is 0 Å². The standard InChI is InChI=1S/C10H9NO/c1-7-6-10(12)8-4-2-3-5-9(8)11-7/h2-5H,6H2,1H3. The van der Waals surface area contributed by atoms with Crippen LogP contribution in [0.1, 0.15) is 23.7 Å². The van der Waals surface area contributed by atoms with E-state index in [0.717, 1.165) is 17.0 Å². The number of hydrogen-bond donors (Lipinski definition) is 0. The molecule has 1 aliphatic rings. The topological polar surface area (TPSA) is 29.4 Å². The van der Waals surface area contributed by atoms with Crippen molar-refractivity contribution in [2.75, 3.05) is 0 Å². The Morgan fingerprint density at radius 2 is 2.08 bits per heavy atom. The monoisotopic (exact) mass is 159 g/mol. The molecule has 0 fully saturated rings. The summed E-state index contributed by atoms with van der Waals surface area (Å²) in [7, 11) is 0. The van der Waals surface area contributed by atoms with Gasteiger partial charge in [-0.05, 0) is 19.1 Å². The van der Waals surface area contributed by atoms with E-state index in [-0.39, 0.29) is 5.78 Å². The third-order valence-electron chi connectivity index (χ3n) is 1.93. The number of carbonyl (C=O) groups excluding carboxylic acids is 1. The van der Waals surface area contributed by atoms with E-state index in [1.54, 1.807) is 0 Å². The lowest BCUT2D eigenvalue weighted by molar-refractivity contribution is 0.0999. The summed E-state index contributed by atoms with van der Waals surface area (Å²) in [5.41, 5.74) is 2.47. The molecule has 0 N–H and O–H groups in total. The molecule has 0 aromatic heterocycles. The average molecular weight is 159 g/mol. The first-order valence-corrected chi connectivity index (χ1v) is 3.94. The zero-order chi connectivity index (χ0) is 8.55. The zero-order valence-electron chi connectivity index (χ0n) is 6.87. The highest BCUT2D eigenvalue weighted by Gasteiger charge is 2.15. The van der Waals surface area contributed by atoms with Crippen molar-refractivity contribution in [3.8, 4) is 0 Å². The third kappa shape index (κ3) is 1.05. The third-order valence-corrected chi connectivity index (χ3v) is 1.93. The van der Waals surface area contributed by atoms with Gasteiger partial charge >= 0.3 is 0 Å². The largest absolute Gasteiger partial charge is 0.294 e.